The first-order valence-electron chi connectivity index (χ1n) is 11.5. The van der Waals surface area contributed by atoms with Crippen LogP contribution in [-0.2, 0) is 4.74 Å². The number of amides is 1. The van der Waals surface area contributed by atoms with E-state index in [1.807, 2.05) is 35.2 Å². The Labute approximate surface area is 203 Å². The third-order valence-corrected chi connectivity index (χ3v) is 6.57. The van der Waals surface area contributed by atoms with Crippen LogP contribution in [0.2, 0.25) is 0 Å². The average molecular weight is 477 g/mol. The van der Waals surface area contributed by atoms with E-state index in [-0.39, 0.29) is 23.9 Å². The number of pyridine rings is 2. The largest absolute Gasteiger partial charge is 0.496 e. The van der Waals surface area contributed by atoms with Gasteiger partial charge in [-0.15, -0.1) is 0 Å². The zero-order valence-corrected chi connectivity index (χ0v) is 19.7. The minimum atomic E-state index is -0.145. The number of para-hydroxylation sites is 1. The van der Waals surface area contributed by atoms with E-state index >= 15 is 0 Å². The zero-order valence-electron chi connectivity index (χ0n) is 19.7. The monoisotopic (exact) mass is 476 g/mol. The molecule has 5 rings (SSSR count). The number of fused-ring (bicyclic) bond motifs is 2. The molecule has 9 nitrogen and oxygen atoms in total. The van der Waals surface area contributed by atoms with Crippen LogP contribution in [-0.4, -0.2) is 60.3 Å². The third-order valence-electron chi connectivity index (χ3n) is 6.57. The summed E-state index contributed by atoms with van der Waals surface area (Å²) >= 11 is 0. The molecule has 2 aliphatic rings. The minimum Gasteiger partial charge on any atom is -0.496 e. The number of piperidine rings is 1. The maximum absolute atomic E-state index is 13.6. The summed E-state index contributed by atoms with van der Waals surface area (Å²) in [5.74, 6) is 2.73. The molecule has 3 aromatic rings. The summed E-state index contributed by atoms with van der Waals surface area (Å²) in [5.41, 5.74) is 7.15. The lowest BCUT2D eigenvalue weighted by Crippen LogP contribution is -2.58. The van der Waals surface area contributed by atoms with E-state index in [4.69, 9.17) is 24.7 Å². The maximum atomic E-state index is 13.6. The molecule has 2 aliphatic heterocycles. The number of anilines is 1. The first-order valence-corrected chi connectivity index (χ1v) is 11.5. The van der Waals surface area contributed by atoms with Gasteiger partial charge in [0.25, 0.3) is 5.91 Å². The predicted molar refractivity (Wildman–Crippen MR) is 129 cm³/mol. The van der Waals surface area contributed by atoms with Crippen LogP contribution >= 0.6 is 0 Å². The van der Waals surface area contributed by atoms with E-state index in [0.29, 0.717) is 42.0 Å². The van der Waals surface area contributed by atoms with Gasteiger partial charge in [-0.2, -0.15) is 0 Å². The number of ether oxygens (including phenoxy) is 4. The Morgan fingerprint density at radius 1 is 0.971 bits per heavy atom. The summed E-state index contributed by atoms with van der Waals surface area (Å²) < 4.78 is 22.8. The number of carbonyl (C=O) groups excluding carboxylic acids is 1. The second kappa shape index (κ2) is 9.79. The normalized spacial score (nSPS) is 21.3. The number of hydrogen-bond donors (Lipinski definition) is 1. The van der Waals surface area contributed by atoms with Crippen molar-refractivity contribution in [1.29, 1.82) is 0 Å². The number of morpholine rings is 1. The smallest absolute Gasteiger partial charge is 0.273 e. The number of carbonyl (C=O) groups is 1. The maximum Gasteiger partial charge on any atom is 0.273 e. The Morgan fingerprint density at radius 2 is 1.69 bits per heavy atom. The fourth-order valence-electron chi connectivity index (χ4n) is 4.97. The predicted octanol–water partition coefficient (Wildman–Crippen LogP) is 3.66. The fraction of sp³-hybridized carbons (Fsp3) is 0.346. The first-order chi connectivity index (χ1) is 17.1. The summed E-state index contributed by atoms with van der Waals surface area (Å²) in [6.45, 7) is 0.936. The quantitative estimate of drug-likeness (QED) is 0.574. The van der Waals surface area contributed by atoms with Crippen molar-refractivity contribution in [3.63, 3.8) is 0 Å². The van der Waals surface area contributed by atoms with Gasteiger partial charge in [-0.05, 0) is 30.9 Å². The average Bonchev–Trinajstić information content (AvgIpc) is 2.88. The molecule has 2 N–H and O–H groups in total. The van der Waals surface area contributed by atoms with Crippen molar-refractivity contribution in [1.82, 2.24) is 14.9 Å². The number of nitrogen functional groups attached to an aromatic ring is 1. The van der Waals surface area contributed by atoms with E-state index in [0.717, 1.165) is 24.2 Å². The Bertz CT molecular complexity index is 1190. The topological polar surface area (TPSA) is 109 Å². The molecule has 2 bridgehead atoms. The summed E-state index contributed by atoms with van der Waals surface area (Å²) in [6, 6.07) is 12.6. The zero-order chi connectivity index (χ0) is 24.4. The number of hydrogen-bond acceptors (Lipinski definition) is 8. The van der Waals surface area contributed by atoms with Crippen molar-refractivity contribution >= 4 is 11.7 Å². The number of nitrogens with zero attached hydrogens (tertiary/aromatic N) is 3. The number of nitrogens with two attached hydrogens (primary N) is 1. The Balaban J connectivity index is 1.37. The number of rotatable bonds is 6. The molecule has 2 aromatic heterocycles. The molecule has 2 fully saturated rings. The van der Waals surface area contributed by atoms with Crippen LogP contribution in [0, 0.1) is 0 Å². The van der Waals surface area contributed by atoms with Crippen LogP contribution in [0.4, 0.5) is 5.82 Å². The van der Waals surface area contributed by atoms with Crippen LogP contribution in [0.1, 0.15) is 34.8 Å². The molecule has 1 aromatic carbocycles. The molecule has 9 heteroatoms. The highest BCUT2D eigenvalue weighted by Gasteiger charge is 2.43. The van der Waals surface area contributed by atoms with E-state index in [1.165, 1.54) is 6.20 Å². The molecule has 0 saturated carbocycles. The van der Waals surface area contributed by atoms with Crippen molar-refractivity contribution in [2.45, 2.75) is 30.8 Å². The van der Waals surface area contributed by atoms with Crippen molar-refractivity contribution in [2.24, 2.45) is 0 Å². The molecule has 35 heavy (non-hydrogen) atoms. The lowest BCUT2D eigenvalue weighted by Gasteiger charge is -2.48. The lowest BCUT2D eigenvalue weighted by molar-refractivity contribution is -0.0620. The lowest BCUT2D eigenvalue weighted by atomic mass is 9.80. The van der Waals surface area contributed by atoms with Gasteiger partial charge in [-0.3, -0.25) is 4.79 Å². The van der Waals surface area contributed by atoms with Gasteiger partial charge in [0.2, 0.25) is 0 Å². The summed E-state index contributed by atoms with van der Waals surface area (Å²) in [4.78, 5) is 24.2. The Hall–Kier alpha value is -3.85. The Morgan fingerprint density at radius 3 is 2.37 bits per heavy atom. The summed E-state index contributed by atoms with van der Waals surface area (Å²) in [6.07, 6.45) is 4.78. The van der Waals surface area contributed by atoms with Gasteiger partial charge in [0.1, 0.15) is 23.0 Å². The van der Waals surface area contributed by atoms with Gasteiger partial charge in [-0.1, -0.05) is 18.2 Å². The van der Waals surface area contributed by atoms with Gasteiger partial charge in [0.15, 0.2) is 11.5 Å². The molecule has 2 atom stereocenters. The van der Waals surface area contributed by atoms with Crippen molar-refractivity contribution in [3.8, 4) is 23.0 Å². The van der Waals surface area contributed by atoms with Gasteiger partial charge >= 0.3 is 0 Å². The summed E-state index contributed by atoms with van der Waals surface area (Å²) in [7, 11) is 3.18. The van der Waals surface area contributed by atoms with Gasteiger partial charge in [0, 0.05) is 23.9 Å². The SMILES string of the molecule is COc1cc(C(=O)N2C3COCC2CC(c2cnc(N)cc2OC)C3)ncc1Oc1ccccc1. The van der Waals surface area contributed by atoms with Gasteiger partial charge in [0.05, 0.1) is 45.7 Å². The number of aromatic nitrogens is 2. The molecular formula is C26H28N4O5. The van der Waals surface area contributed by atoms with Crippen molar-refractivity contribution in [3.05, 3.63) is 66.1 Å². The van der Waals surface area contributed by atoms with Crippen molar-refractivity contribution < 1.29 is 23.7 Å². The molecule has 0 spiro atoms. The second-order valence-corrected chi connectivity index (χ2v) is 8.71. The number of benzene rings is 1. The second-order valence-electron chi connectivity index (χ2n) is 8.71. The van der Waals surface area contributed by atoms with Crippen LogP contribution < -0.4 is 19.9 Å². The van der Waals surface area contributed by atoms with Crippen LogP contribution in [0.25, 0.3) is 0 Å². The highest BCUT2D eigenvalue weighted by Crippen LogP contribution is 2.42. The van der Waals surface area contributed by atoms with Gasteiger partial charge < -0.3 is 29.6 Å². The molecule has 1 amide bonds. The van der Waals surface area contributed by atoms with Crippen LogP contribution in [0.15, 0.2) is 54.9 Å². The molecule has 182 valence electrons. The minimum absolute atomic E-state index is 0.0877. The Kier molecular flexibility index (Phi) is 6.41. The van der Waals surface area contributed by atoms with E-state index in [2.05, 4.69) is 9.97 Å². The van der Waals surface area contributed by atoms with E-state index in [9.17, 15) is 4.79 Å². The molecule has 2 saturated heterocycles. The molecule has 2 unspecified atom stereocenters. The fourth-order valence-corrected chi connectivity index (χ4v) is 4.97. The van der Waals surface area contributed by atoms with Gasteiger partial charge in [-0.25, -0.2) is 9.97 Å². The van der Waals surface area contributed by atoms with Crippen LogP contribution in [0.3, 0.4) is 0 Å². The highest BCUT2D eigenvalue weighted by atomic mass is 16.5. The third kappa shape index (κ3) is 4.59. The molecule has 0 radical (unpaired) electrons. The molecular weight excluding hydrogens is 448 g/mol. The molecule has 4 heterocycles. The molecule has 0 aliphatic carbocycles. The van der Waals surface area contributed by atoms with Crippen LogP contribution in [0.5, 0.6) is 23.0 Å². The highest BCUT2D eigenvalue weighted by molar-refractivity contribution is 5.93. The summed E-state index contributed by atoms with van der Waals surface area (Å²) in [5, 5.41) is 0. The van der Waals surface area contributed by atoms with Crippen molar-refractivity contribution in [2.75, 3.05) is 33.2 Å². The number of methoxy groups -OCH3 is 2. The standard InChI is InChI=1S/C26H28N4O5/c1-32-22-11-25(27)29-12-20(22)16-8-17-14-34-15-18(9-16)30(17)26(31)21-10-23(33-2)24(13-28-21)35-19-6-4-3-5-7-19/h3-7,10-13,16-18H,8-9,14-15H2,1-2H3,(H2,27,29). The first kappa shape index (κ1) is 22.9. The van der Waals surface area contributed by atoms with E-state index in [1.54, 1.807) is 32.5 Å². The van der Waals surface area contributed by atoms with E-state index < -0.39 is 0 Å².